The maximum absolute atomic E-state index is 11.9. The standard InChI is InChI=1S/C10H13ClN2O2S/c1-6-2-3-10(7(11)4-6)16(14,15)13-9-5-8(9)12/h2-4,8-9,13H,5,12H2,1H3. The third kappa shape index (κ3) is 2.38. The highest BCUT2D eigenvalue weighted by molar-refractivity contribution is 7.89. The summed E-state index contributed by atoms with van der Waals surface area (Å²) >= 11 is 5.90. The Labute approximate surface area is 99.8 Å². The molecule has 88 valence electrons. The molecule has 2 atom stereocenters. The lowest BCUT2D eigenvalue weighted by Crippen LogP contribution is -2.30. The molecule has 2 rings (SSSR count). The van der Waals surface area contributed by atoms with Gasteiger partial charge in [0, 0.05) is 12.1 Å². The van der Waals surface area contributed by atoms with E-state index in [-0.39, 0.29) is 22.0 Å². The molecule has 1 aliphatic rings. The lowest BCUT2D eigenvalue weighted by molar-refractivity contribution is 0.580. The van der Waals surface area contributed by atoms with Crippen molar-refractivity contribution in [2.24, 2.45) is 5.73 Å². The van der Waals surface area contributed by atoms with Crippen LogP contribution in [0.3, 0.4) is 0 Å². The average Bonchev–Trinajstić information content (AvgIpc) is 2.79. The summed E-state index contributed by atoms with van der Waals surface area (Å²) in [6, 6.07) is 4.63. The molecule has 3 N–H and O–H groups in total. The van der Waals surface area contributed by atoms with Gasteiger partial charge < -0.3 is 5.73 Å². The van der Waals surface area contributed by atoms with Gasteiger partial charge in [-0.15, -0.1) is 0 Å². The summed E-state index contributed by atoms with van der Waals surface area (Å²) in [5.74, 6) is 0. The van der Waals surface area contributed by atoms with Gasteiger partial charge in [-0.25, -0.2) is 13.1 Å². The van der Waals surface area contributed by atoms with Gasteiger partial charge in [-0.3, -0.25) is 0 Å². The van der Waals surface area contributed by atoms with E-state index in [1.54, 1.807) is 12.1 Å². The predicted molar refractivity (Wildman–Crippen MR) is 62.9 cm³/mol. The van der Waals surface area contributed by atoms with Gasteiger partial charge in [0.15, 0.2) is 0 Å². The molecule has 1 saturated carbocycles. The van der Waals surface area contributed by atoms with Gasteiger partial charge in [0.25, 0.3) is 0 Å². The smallest absolute Gasteiger partial charge is 0.242 e. The molecule has 0 amide bonds. The number of aryl methyl sites for hydroxylation is 1. The molecular weight excluding hydrogens is 248 g/mol. The quantitative estimate of drug-likeness (QED) is 0.853. The first-order chi connectivity index (χ1) is 7.40. The van der Waals surface area contributed by atoms with Crippen LogP contribution in [0.1, 0.15) is 12.0 Å². The number of hydrogen-bond donors (Lipinski definition) is 2. The Morgan fingerprint density at radius 1 is 1.50 bits per heavy atom. The Kier molecular flexibility index (Phi) is 2.96. The molecule has 1 aliphatic carbocycles. The SMILES string of the molecule is Cc1ccc(S(=O)(=O)NC2CC2N)c(Cl)c1. The van der Waals surface area contributed by atoms with Crippen LogP contribution in [-0.2, 0) is 10.0 Å². The molecule has 0 saturated heterocycles. The maximum atomic E-state index is 11.9. The van der Waals surface area contributed by atoms with Gasteiger partial charge in [-0.1, -0.05) is 17.7 Å². The number of nitrogens with one attached hydrogen (secondary N) is 1. The molecule has 16 heavy (non-hydrogen) atoms. The summed E-state index contributed by atoms with van der Waals surface area (Å²) in [5, 5.41) is 0.238. The summed E-state index contributed by atoms with van der Waals surface area (Å²) in [5.41, 5.74) is 6.48. The second kappa shape index (κ2) is 4.00. The molecule has 1 fully saturated rings. The second-order valence-electron chi connectivity index (χ2n) is 4.06. The minimum Gasteiger partial charge on any atom is -0.326 e. The van der Waals surface area contributed by atoms with E-state index in [4.69, 9.17) is 17.3 Å². The number of benzene rings is 1. The zero-order chi connectivity index (χ0) is 11.9. The fourth-order valence-corrected chi connectivity index (χ4v) is 3.34. The summed E-state index contributed by atoms with van der Waals surface area (Å²) < 4.78 is 26.3. The molecule has 0 aromatic heterocycles. The average molecular weight is 261 g/mol. The van der Waals surface area contributed by atoms with Crippen molar-refractivity contribution in [3.8, 4) is 0 Å². The zero-order valence-electron chi connectivity index (χ0n) is 8.77. The van der Waals surface area contributed by atoms with Gasteiger partial charge in [0.1, 0.15) is 4.90 Å². The van der Waals surface area contributed by atoms with Crippen molar-refractivity contribution in [2.75, 3.05) is 0 Å². The van der Waals surface area contributed by atoms with Gasteiger partial charge >= 0.3 is 0 Å². The Morgan fingerprint density at radius 3 is 2.62 bits per heavy atom. The number of rotatable bonds is 3. The summed E-state index contributed by atoms with van der Waals surface area (Å²) in [7, 11) is -3.54. The van der Waals surface area contributed by atoms with Gasteiger partial charge in [0.05, 0.1) is 5.02 Å². The van der Waals surface area contributed by atoms with E-state index in [1.165, 1.54) is 6.07 Å². The van der Waals surface area contributed by atoms with Crippen LogP contribution >= 0.6 is 11.6 Å². The first kappa shape index (κ1) is 11.9. The molecule has 0 radical (unpaired) electrons. The van der Waals surface area contributed by atoms with Crippen molar-refractivity contribution in [1.82, 2.24) is 4.72 Å². The van der Waals surface area contributed by atoms with Gasteiger partial charge in [-0.2, -0.15) is 0 Å². The van der Waals surface area contributed by atoms with Gasteiger partial charge in [0.2, 0.25) is 10.0 Å². The number of halogens is 1. The summed E-state index contributed by atoms with van der Waals surface area (Å²) in [4.78, 5) is 0.110. The predicted octanol–water partition coefficient (Wildman–Crippen LogP) is 1.03. The molecule has 0 bridgehead atoms. The van der Waals surface area contributed by atoms with E-state index in [0.717, 1.165) is 5.56 Å². The molecule has 6 heteroatoms. The third-order valence-electron chi connectivity index (χ3n) is 2.52. The molecule has 0 heterocycles. The van der Waals surface area contributed by atoms with Crippen LogP contribution in [0.2, 0.25) is 5.02 Å². The second-order valence-corrected chi connectivity index (χ2v) is 6.15. The highest BCUT2D eigenvalue weighted by Gasteiger charge is 2.37. The summed E-state index contributed by atoms with van der Waals surface area (Å²) in [6.45, 7) is 1.85. The number of sulfonamides is 1. The van der Waals surface area contributed by atoms with Crippen LogP contribution in [0.4, 0.5) is 0 Å². The van der Waals surface area contributed by atoms with E-state index < -0.39 is 10.0 Å². The van der Waals surface area contributed by atoms with Crippen LogP contribution < -0.4 is 10.5 Å². The fraction of sp³-hybridized carbons (Fsp3) is 0.400. The third-order valence-corrected chi connectivity index (χ3v) is 4.50. The lowest BCUT2D eigenvalue weighted by atomic mass is 10.2. The van der Waals surface area contributed by atoms with Crippen molar-refractivity contribution in [2.45, 2.75) is 30.3 Å². The van der Waals surface area contributed by atoms with Crippen molar-refractivity contribution < 1.29 is 8.42 Å². The van der Waals surface area contributed by atoms with Crippen LogP contribution in [-0.4, -0.2) is 20.5 Å². The zero-order valence-corrected chi connectivity index (χ0v) is 10.3. The van der Waals surface area contributed by atoms with E-state index in [2.05, 4.69) is 4.72 Å². The number of nitrogens with two attached hydrogens (primary N) is 1. The maximum Gasteiger partial charge on any atom is 0.242 e. The van der Waals surface area contributed by atoms with Crippen molar-refractivity contribution in [1.29, 1.82) is 0 Å². The minimum absolute atomic E-state index is 0.0704. The normalized spacial score (nSPS) is 24.4. The highest BCUT2D eigenvalue weighted by atomic mass is 35.5. The molecule has 1 aromatic carbocycles. The van der Waals surface area contributed by atoms with Crippen LogP contribution in [0.15, 0.2) is 23.1 Å². The molecule has 2 unspecified atom stereocenters. The molecule has 4 nitrogen and oxygen atoms in total. The van der Waals surface area contributed by atoms with Crippen LogP contribution in [0.5, 0.6) is 0 Å². The largest absolute Gasteiger partial charge is 0.326 e. The molecular formula is C10H13ClN2O2S. The Hall–Kier alpha value is -0.620. The summed E-state index contributed by atoms with van der Waals surface area (Å²) in [6.07, 6.45) is 0.683. The topological polar surface area (TPSA) is 72.2 Å². The molecule has 1 aromatic rings. The minimum atomic E-state index is -3.54. The monoisotopic (exact) mass is 260 g/mol. The number of hydrogen-bond acceptors (Lipinski definition) is 3. The van der Waals surface area contributed by atoms with E-state index >= 15 is 0 Å². The Morgan fingerprint density at radius 2 is 2.12 bits per heavy atom. The van der Waals surface area contributed by atoms with E-state index in [1.807, 2.05) is 6.92 Å². The fourth-order valence-electron chi connectivity index (χ4n) is 1.44. The highest BCUT2D eigenvalue weighted by Crippen LogP contribution is 2.26. The molecule has 0 aliphatic heterocycles. The van der Waals surface area contributed by atoms with Gasteiger partial charge in [-0.05, 0) is 31.0 Å². The Bertz CT molecular complexity index is 516. The van der Waals surface area contributed by atoms with Crippen LogP contribution in [0, 0.1) is 6.92 Å². The van der Waals surface area contributed by atoms with Crippen molar-refractivity contribution >= 4 is 21.6 Å². The first-order valence-electron chi connectivity index (χ1n) is 4.94. The lowest BCUT2D eigenvalue weighted by Gasteiger charge is -2.08. The molecule has 0 spiro atoms. The first-order valence-corrected chi connectivity index (χ1v) is 6.80. The van der Waals surface area contributed by atoms with Crippen molar-refractivity contribution in [3.63, 3.8) is 0 Å². The van der Waals surface area contributed by atoms with Crippen molar-refractivity contribution in [3.05, 3.63) is 28.8 Å². The van der Waals surface area contributed by atoms with Crippen LogP contribution in [0.25, 0.3) is 0 Å². The Balaban J connectivity index is 2.28. The van der Waals surface area contributed by atoms with E-state index in [9.17, 15) is 8.42 Å². The van der Waals surface area contributed by atoms with E-state index in [0.29, 0.717) is 6.42 Å².